The zero-order valence-electron chi connectivity index (χ0n) is 10.4. The molecule has 1 aromatic heterocycles. The number of aromatic nitrogens is 1. The minimum Gasteiger partial charge on any atom is -0.478 e. The lowest BCUT2D eigenvalue weighted by atomic mass is 10.2. The highest BCUT2D eigenvalue weighted by atomic mass is 32.2. The van der Waals surface area contributed by atoms with E-state index in [4.69, 9.17) is 5.11 Å². The van der Waals surface area contributed by atoms with E-state index in [1.807, 2.05) is 0 Å². The van der Waals surface area contributed by atoms with Crippen molar-refractivity contribution in [3.63, 3.8) is 0 Å². The number of carbonyl (C=O) groups is 1. The third-order valence-electron chi connectivity index (χ3n) is 2.44. The van der Waals surface area contributed by atoms with Crippen molar-refractivity contribution in [2.24, 2.45) is 0 Å². The third-order valence-corrected chi connectivity index (χ3v) is 3.23. The Balaban J connectivity index is 2.37. The van der Waals surface area contributed by atoms with Crippen LogP contribution in [0.5, 0.6) is 0 Å². The molecule has 1 aromatic carbocycles. The summed E-state index contributed by atoms with van der Waals surface area (Å²) in [4.78, 5) is 14.9. The molecular weight excluding hydrogens is 305 g/mol. The molecule has 0 radical (unpaired) electrons. The number of thioether (sulfide) groups is 1. The third kappa shape index (κ3) is 3.88. The van der Waals surface area contributed by atoms with Crippen LogP contribution in [0.15, 0.2) is 41.4 Å². The first-order valence-electron chi connectivity index (χ1n) is 5.67. The Hall–Kier alpha value is -2.22. The maximum absolute atomic E-state index is 13.0. The fourth-order valence-electron chi connectivity index (χ4n) is 1.60. The second-order valence-electron chi connectivity index (χ2n) is 3.85. The molecule has 0 aliphatic carbocycles. The molecule has 0 saturated carbocycles. The van der Waals surface area contributed by atoms with Crippen molar-refractivity contribution in [1.29, 1.82) is 0 Å². The number of hydrogen-bond acceptors (Lipinski definition) is 4. The number of pyridine rings is 1. The number of carboxylic acids is 1. The molecule has 4 nitrogen and oxygen atoms in total. The number of anilines is 2. The first-order chi connectivity index (χ1) is 9.97. The average molecular weight is 314 g/mol. The monoisotopic (exact) mass is 314 g/mol. The van der Waals surface area contributed by atoms with Gasteiger partial charge in [0.25, 0.3) is 5.76 Å². The number of halogens is 3. The van der Waals surface area contributed by atoms with E-state index in [0.717, 1.165) is 12.3 Å². The fourth-order valence-corrected chi connectivity index (χ4v) is 2.19. The fraction of sp³-hybridized carbons (Fsp3) is 0.0769. The maximum atomic E-state index is 13.0. The molecule has 1 heterocycles. The largest absolute Gasteiger partial charge is 0.478 e. The molecule has 0 amide bonds. The normalized spacial score (nSPS) is 10.7. The van der Waals surface area contributed by atoms with E-state index >= 15 is 0 Å². The number of rotatable bonds is 5. The van der Waals surface area contributed by atoms with Gasteiger partial charge in [0.1, 0.15) is 17.2 Å². The molecule has 8 heteroatoms. The van der Waals surface area contributed by atoms with Gasteiger partial charge in [-0.05, 0) is 18.2 Å². The van der Waals surface area contributed by atoms with Crippen molar-refractivity contribution in [3.8, 4) is 0 Å². The number of alkyl halides is 2. The van der Waals surface area contributed by atoms with Gasteiger partial charge in [-0.1, -0.05) is 23.9 Å². The minimum absolute atomic E-state index is 0.119. The first-order valence-corrected chi connectivity index (χ1v) is 6.55. The van der Waals surface area contributed by atoms with E-state index in [1.165, 1.54) is 12.1 Å². The lowest BCUT2D eigenvalue weighted by Crippen LogP contribution is -2.06. The van der Waals surface area contributed by atoms with Crippen LogP contribution in [-0.2, 0) is 0 Å². The molecular formula is C13H9F3N2O2S. The van der Waals surface area contributed by atoms with Crippen LogP contribution in [0.25, 0.3) is 0 Å². The number of nitrogens with zero attached hydrogens (tertiary/aromatic N) is 1. The quantitative estimate of drug-likeness (QED) is 0.818. The summed E-state index contributed by atoms with van der Waals surface area (Å²) in [7, 11) is 0. The molecule has 0 atom stereocenters. The van der Waals surface area contributed by atoms with Crippen molar-refractivity contribution < 1.29 is 23.1 Å². The van der Waals surface area contributed by atoms with Crippen LogP contribution in [0.2, 0.25) is 0 Å². The maximum Gasteiger partial charge on any atom is 0.339 e. The molecule has 0 bridgehead atoms. The Morgan fingerprint density at radius 1 is 1.33 bits per heavy atom. The summed E-state index contributed by atoms with van der Waals surface area (Å²) < 4.78 is 38.0. The topological polar surface area (TPSA) is 62.2 Å². The molecule has 0 saturated heterocycles. The highest BCUT2D eigenvalue weighted by Crippen LogP contribution is 2.33. The van der Waals surface area contributed by atoms with Crippen LogP contribution in [0.4, 0.5) is 24.7 Å². The molecule has 2 N–H and O–H groups in total. The number of carboxylic acid groups (broad SMARTS) is 1. The second kappa shape index (κ2) is 6.49. The summed E-state index contributed by atoms with van der Waals surface area (Å²) in [6.45, 7) is 0. The highest BCUT2D eigenvalue weighted by molar-refractivity contribution is 7.99. The van der Waals surface area contributed by atoms with Crippen LogP contribution in [0.3, 0.4) is 0 Å². The summed E-state index contributed by atoms with van der Waals surface area (Å²) in [6.07, 6.45) is 0.845. The van der Waals surface area contributed by atoms with Crippen molar-refractivity contribution in [2.45, 2.75) is 10.7 Å². The van der Waals surface area contributed by atoms with Gasteiger partial charge in [-0.25, -0.2) is 14.2 Å². The number of hydrogen-bond donors (Lipinski definition) is 2. The van der Waals surface area contributed by atoms with Gasteiger partial charge in [-0.3, -0.25) is 0 Å². The van der Waals surface area contributed by atoms with Crippen molar-refractivity contribution in [1.82, 2.24) is 4.98 Å². The number of para-hydroxylation sites is 1. The lowest BCUT2D eigenvalue weighted by Gasteiger charge is -2.12. The van der Waals surface area contributed by atoms with E-state index in [1.54, 1.807) is 12.1 Å². The van der Waals surface area contributed by atoms with Gasteiger partial charge in [-0.15, -0.1) is 0 Å². The van der Waals surface area contributed by atoms with Crippen LogP contribution in [-0.4, -0.2) is 21.8 Å². The molecule has 2 aromatic rings. The molecule has 0 fully saturated rings. The SMILES string of the molecule is O=C(O)c1cc(F)cnc1Nc1ccccc1SC(F)F. The zero-order valence-corrected chi connectivity index (χ0v) is 11.2. The summed E-state index contributed by atoms with van der Waals surface area (Å²) in [5.74, 6) is -4.91. The van der Waals surface area contributed by atoms with Crippen molar-refractivity contribution >= 4 is 29.2 Å². The number of nitrogens with one attached hydrogen (secondary N) is 1. The number of aromatic carboxylic acids is 1. The van der Waals surface area contributed by atoms with Crippen LogP contribution < -0.4 is 5.32 Å². The van der Waals surface area contributed by atoms with Gasteiger partial charge >= 0.3 is 5.97 Å². The van der Waals surface area contributed by atoms with Crippen molar-refractivity contribution in [2.75, 3.05) is 5.32 Å². The van der Waals surface area contributed by atoms with Gasteiger partial charge in [0.15, 0.2) is 0 Å². The van der Waals surface area contributed by atoms with E-state index in [-0.39, 0.29) is 22.0 Å². The van der Waals surface area contributed by atoms with Gasteiger partial charge in [-0.2, -0.15) is 8.78 Å². The zero-order chi connectivity index (χ0) is 15.4. The second-order valence-corrected chi connectivity index (χ2v) is 4.89. The highest BCUT2D eigenvalue weighted by Gasteiger charge is 2.15. The predicted octanol–water partition coefficient (Wildman–Crippen LogP) is 3.98. The molecule has 0 aliphatic rings. The van der Waals surface area contributed by atoms with E-state index < -0.39 is 17.5 Å². The van der Waals surface area contributed by atoms with Crippen molar-refractivity contribution in [3.05, 3.63) is 47.9 Å². The lowest BCUT2D eigenvalue weighted by molar-refractivity contribution is 0.0697. The Labute approximate surface area is 122 Å². The van der Waals surface area contributed by atoms with Gasteiger partial charge in [0, 0.05) is 4.90 Å². The first kappa shape index (κ1) is 15.2. The molecule has 2 rings (SSSR count). The minimum atomic E-state index is -2.62. The molecule has 0 aliphatic heterocycles. The summed E-state index contributed by atoms with van der Waals surface area (Å²) in [5, 5.41) is 11.7. The standard InChI is InChI=1S/C13H9F3N2O2S/c14-7-5-8(12(19)20)11(17-6-7)18-9-3-1-2-4-10(9)21-13(15)16/h1-6,13H,(H,17,18)(H,19,20). The molecule has 0 spiro atoms. The van der Waals surface area contributed by atoms with E-state index in [2.05, 4.69) is 10.3 Å². The number of benzene rings is 1. The average Bonchev–Trinajstić information content (AvgIpc) is 2.42. The summed E-state index contributed by atoms with van der Waals surface area (Å²) >= 11 is 0.317. The van der Waals surface area contributed by atoms with Gasteiger partial charge < -0.3 is 10.4 Å². The summed E-state index contributed by atoms with van der Waals surface area (Å²) in [6, 6.07) is 6.94. The predicted molar refractivity (Wildman–Crippen MR) is 72.7 cm³/mol. The van der Waals surface area contributed by atoms with E-state index in [0.29, 0.717) is 11.8 Å². The molecule has 21 heavy (non-hydrogen) atoms. The molecule has 110 valence electrons. The Kier molecular flexibility index (Phi) is 4.69. The van der Waals surface area contributed by atoms with Gasteiger partial charge in [0.05, 0.1) is 11.9 Å². The van der Waals surface area contributed by atoms with Crippen LogP contribution in [0.1, 0.15) is 10.4 Å². The smallest absolute Gasteiger partial charge is 0.339 e. The van der Waals surface area contributed by atoms with Gasteiger partial charge in [0.2, 0.25) is 0 Å². The van der Waals surface area contributed by atoms with E-state index in [9.17, 15) is 18.0 Å². The van der Waals surface area contributed by atoms with Crippen LogP contribution in [0, 0.1) is 5.82 Å². The Bertz CT molecular complexity index is 668. The summed E-state index contributed by atoms with van der Waals surface area (Å²) in [5.41, 5.74) is -0.115. The Morgan fingerprint density at radius 3 is 2.71 bits per heavy atom. The molecule has 0 unspecified atom stereocenters. The van der Waals surface area contributed by atoms with Crippen LogP contribution >= 0.6 is 11.8 Å². The Morgan fingerprint density at radius 2 is 2.05 bits per heavy atom.